The number of piperazine rings is 1. The Labute approximate surface area is 153 Å². The molecule has 1 spiro atoms. The van der Waals surface area contributed by atoms with E-state index in [0.29, 0.717) is 37.6 Å². The molecule has 2 aliphatic heterocycles. The highest BCUT2D eigenvalue weighted by Gasteiger charge is 2.58. The summed E-state index contributed by atoms with van der Waals surface area (Å²) < 4.78 is 32.2. The maximum atomic E-state index is 12.9. The molecule has 0 aromatic carbocycles. The van der Waals surface area contributed by atoms with Gasteiger partial charge in [-0.05, 0) is 51.6 Å². The fourth-order valence-corrected chi connectivity index (χ4v) is 6.23. The minimum atomic E-state index is -3.63. The van der Waals surface area contributed by atoms with Crippen molar-refractivity contribution >= 4 is 15.9 Å². The van der Waals surface area contributed by atoms with Crippen molar-refractivity contribution in [1.29, 1.82) is 0 Å². The first kappa shape index (κ1) is 17.9. The number of carbonyl (C=O) groups excluding carboxylic acids is 1. The molecule has 144 valence electrons. The molecule has 0 bridgehead atoms. The number of nitrogens with one attached hydrogen (secondary N) is 1. The normalized spacial score (nSPS) is 26.2. The molecular weight excluding hydrogens is 356 g/mol. The predicted molar refractivity (Wildman–Crippen MR) is 94.0 cm³/mol. The van der Waals surface area contributed by atoms with E-state index >= 15 is 0 Å². The quantitative estimate of drug-likeness (QED) is 0.819. The van der Waals surface area contributed by atoms with Crippen molar-refractivity contribution in [2.75, 3.05) is 39.3 Å². The molecule has 1 atom stereocenters. The first-order valence-corrected chi connectivity index (χ1v) is 10.7. The number of carbonyl (C=O) groups is 1. The van der Waals surface area contributed by atoms with Gasteiger partial charge in [0.1, 0.15) is 10.6 Å². The number of hydrogen-bond donors (Lipinski definition) is 1. The second-order valence-electron chi connectivity index (χ2n) is 7.75. The van der Waals surface area contributed by atoms with Crippen molar-refractivity contribution in [2.45, 2.75) is 38.0 Å². The molecule has 1 unspecified atom stereocenters. The summed E-state index contributed by atoms with van der Waals surface area (Å²) in [6.45, 7) is 6.77. The predicted octanol–water partition coefficient (Wildman–Crippen LogP) is 0.514. The smallest absolute Gasteiger partial charge is 0.248 e. The summed E-state index contributed by atoms with van der Waals surface area (Å²) in [5.41, 5.74) is 0.592. The molecule has 26 heavy (non-hydrogen) atoms. The summed E-state index contributed by atoms with van der Waals surface area (Å²) in [4.78, 5) is 14.8. The zero-order valence-electron chi connectivity index (χ0n) is 15.3. The molecular formula is C17H26N4O4S. The molecule has 8 nitrogen and oxygen atoms in total. The van der Waals surface area contributed by atoms with Crippen molar-refractivity contribution in [1.82, 2.24) is 19.7 Å². The van der Waals surface area contributed by atoms with Crippen LogP contribution < -0.4 is 5.32 Å². The van der Waals surface area contributed by atoms with Gasteiger partial charge in [-0.15, -0.1) is 0 Å². The van der Waals surface area contributed by atoms with E-state index in [0.717, 1.165) is 32.4 Å². The van der Waals surface area contributed by atoms with Gasteiger partial charge < -0.3 is 14.7 Å². The minimum Gasteiger partial charge on any atom is -0.360 e. The Bertz CT molecular complexity index is 785. The fourth-order valence-electron chi connectivity index (χ4n) is 4.52. The second kappa shape index (κ2) is 6.31. The number of aryl methyl sites for hydroxylation is 2. The molecule has 1 N–H and O–H groups in total. The van der Waals surface area contributed by atoms with E-state index in [2.05, 4.69) is 10.5 Å². The average Bonchev–Trinajstić information content (AvgIpc) is 3.20. The van der Waals surface area contributed by atoms with E-state index in [9.17, 15) is 13.2 Å². The standard InChI is InChI=1S/C17H26N4O4S/c1-12-15(13(2)25-19-12)26(23,24)21-9-7-20(8-10-21)16(22)14-11-17(14)3-5-18-6-4-17/h14,18H,3-11H2,1-2H3. The first-order chi connectivity index (χ1) is 12.3. The molecule has 1 aromatic heterocycles. The Morgan fingerprint density at radius 1 is 1.19 bits per heavy atom. The highest BCUT2D eigenvalue weighted by molar-refractivity contribution is 7.89. The fraction of sp³-hybridized carbons (Fsp3) is 0.765. The van der Waals surface area contributed by atoms with Crippen molar-refractivity contribution in [2.24, 2.45) is 11.3 Å². The lowest BCUT2D eigenvalue weighted by Gasteiger charge is -2.34. The van der Waals surface area contributed by atoms with E-state index in [1.165, 1.54) is 4.31 Å². The van der Waals surface area contributed by atoms with E-state index in [1.807, 2.05) is 4.90 Å². The van der Waals surface area contributed by atoms with Crippen LogP contribution in [0.25, 0.3) is 0 Å². The number of nitrogens with zero attached hydrogens (tertiary/aromatic N) is 3. The Morgan fingerprint density at radius 3 is 2.42 bits per heavy atom. The lowest BCUT2D eigenvalue weighted by Crippen LogP contribution is -2.51. The third-order valence-corrected chi connectivity index (χ3v) is 8.35. The summed E-state index contributed by atoms with van der Waals surface area (Å²) in [6, 6.07) is 0. The molecule has 1 aromatic rings. The van der Waals surface area contributed by atoms with Crippen molar-refractivity contribution < 1.29 is 17.7 Å². The number of piperidine rings is 1. The Balaban J connectivity index is 1.39. The summed E-state index contributed by atoms with van der Waals surface area (Å²) in [7, 11) is -3.63. The van der Waals surface area contributed by atoms with Gasteiger partial charge in [-0.3, -0.25) is 4.79 Å². The third-order valence-electron chi connectivity index (χ3n) is 6.20. The van der Waals surface area contributed by atoms with E-state index < -0.39 is 10.0 Å². The number of hydrogen-bond acceptors (Lipinski definition) is 6. The van der Waals surface area contributed by atoms with Crippen LogP contribution >= 0.6 is 0 Å². The monoisotopic (exact) mass is 382 g/mol. The van der Waals surface area contributed by atoms with Gasteiger partial charge in [0.05, 0.1) is 0 Å². The van der Waals surface area contributed by atoms with Gasteiger partial charge >= 0.3 is 0 Å². The maximum Gasteiger partial charge on any atom is 0.248 e. The topological polar surface area (TPSA) is 95.8 Å². The van der Waals surface area contributed by atoms with Gasteiger partial charge in [0.25, 0.3) is 0 Å². The Hall–Kier alpha value is -1.45. The first-order valence-electron chi connectivity index (χ1n) is 9.28. The molecule has 1 amide bonds. The molecule has 9 heteroatoms. The lowest BCUT2D eigenvalue weighted by atomic mass is 9.91. The Kier molecular flexibility index (Phi) is 4.36. The van der Waals surface area contributed by atoms with Crippen molar-refractivity contribution in [3.63, 3.8) is 0 Å². The highest BCUT2D eigenvalue weighted by atomic mass is 32.2. The largest absolute Gasteiger partial charge is 0.360 e. The number of sulfonamides is 1. The average molecular weight is 382 g/mol. The van der Waals surface area contributed by atoms with E-state index in [1.54, 1.807) is 13.8 Å². The number of rotatable bonds is 3. The molecule has 3 aliphatic rings. The van der Waals surface area contributed by atoms with Crippen LogP contribution in [-0.4, -0.2) is 68.0 Å². The summed E-state index contributed by atoms with van der Waals surface area (Å²) in [5, 5.41) is 7.10. The van der Waals surface area contributed by atoms with Gasteiger partial charge in [0.2, 0.25) is 15.9 Å². The van der Waals surface area contributed by atoms with Crippen LogP contribution in [0.4, 0.5) is 0 Å². The number of aromatic nitrogens is 1. The van der Waals surface area contributed by atoms with E-state index in [-0.39, 0.29) is 22.1 Å². The molecule has 3 heterocycles. The molecule has 2 saturated heterocycles. The van der Waals surface area contributed by atoms with E-state index in [4.69, 9.17) is 4.52 Å². The molecule has 1 aliphatic carbocycles. The SMILES string of the molecule is Cc1noc(C)c1S(=O)(=O)N1CCN(C(=O)C2CC23CCNCC3)CC1. The van der Waals surface area contributed by atoms with Crippen LogP contribution in [0.2, 0.25) is 0 Å². The van der Waals surface area contributed by atoms with Crippen LogP contribution in [0.15, 0.2) is 9.42 Å². The highest BCUT2D eigenvalue weighted by Crippen LogP contribution is 2.59. The van der Waals surface area contributed by atoms with Crippen LogP contribution in [0.3, 0.4) is 0 Å². The lowest BCUT2D eigenvalue weighted by molar-refractivity contribution is -0.134. The molecule has 3 fully saturated rings. The van der Waals surface area contributed by atoms with Gasteiger partial charge in [0, 0.05) is 32.1 Å². The molecule has 4 rings (SSSR count). The van der Waals surface area contributed by atoms with Crippen LogP contribution in [0.1, 0.15) is 30.7 Å². The third kappa shape index (κ3) is 2.86. The van der Waals surface area contributed by atoms with Crippen molar-refractivity contribution in [3.05, 3.63) is 11.5 Å². The zero-order chi connectivity index (χ0) is 18.5. The summed E-state index contributed by atoms with van der Waals surface area (Å²) in [5.74, 6) is 0.656. The van der Waals surface area contributed by atoms with Gasteiger partial charge in [-0.1, -0.05) is 5.16 Å². The maximum absolute atomic E-state index is 12.9. The number of amides is 1. The summed E-state index contributed by atoms with van der Waals surface area (Å²) in [6.07, 6.45) is 3.14. The van der Waals surface area contributed by atoms with Crippen molar-refractivity contribution in [3.8, 4) is 0 Å². The van der Waals surface area contributed by atoms with Crippen LogP contribution in [0, 0.1) is 25.2 Å². The zero-order valence-corrected chi connectivity index (χ0v) is 16.1. The minimum absolute atomic E-state index is 0.135. The molecule has 0 radical (unpaired) electrons. The van der Waals surface area contributed by atoms with Gasteiger partial charge in [0.15, 0.2) is 5.76 Å². The van der Waals surface area contributed by atoms with Crippen LogP contribution in [-0.2, 0) is 14.8 Å². The van der Waals surface area contributed by atoms with Crippen LogP contribution in [0.5, 0.6) is 0 Å². The summed E-state index contributed by atoms with van der Waals surface area (Å²) >= 11 is 0. The second-order valence-corrected chi connectivity index (χ2v) is 9.63. The Morgan fingerprint density at radius 2 is 1.85 bits per heavy atom. The molecule has 1 saturated carbocycles. The van der Waals surface area contributed by atoms with Gasteiger partial charge in [-0.25, -0.2) is 8.42 Å². The van der Waals surface area contributed by atoms with Gasteiger partial charge in [-0.2, -0.15) is 4.31 Å².